The highest BCUT2D eigenvalue weighted by molar-refractivity contribution is 5.51. The first-order chi connectivity index (χ1) is 11.7. The van der Waals surface area contributed by atoms with Crippen molar-refractivity contribution in [1.82, 2.24) is 9.78 Å². The van der Waals surface area contributed by atoms with Crippen molar-refractivity contribution in [1.29, 1.82) is 5.26 Å². The van der Waals surface area contributed by atoms with Crippen molar-refractivity contribution in [3.8, 4) is 17.8 Å². The summed E-state index contributed by atoms with van der Waals surface area (Å²) in [5.41, 5.74) is 3.06. The van der Waals surface area contributed by atoms with E-state index in [2.05, 4.69) is 16.5 Å². The molecular weight excluding hydrogens is 308 g/mol. The average Bonchev–Trinajstić information content (AvgIpc) is 3.01. The van der Waals surface area contributed by atoms with Crippen molar-refractivity contribution >= 4 is 5.69 Å². The van der Waals surface area contributed by atoms with Gasteiger partial charge >= 0.3 is 11.8 Å². The van der Waals surface area contributed by atoms with E-state index in [1.54, 1.807) is 24.3 Å². The molecule has 24 heavy (non-hydrogen) atoms. The van der Waals surface area contributed by atoms with Gasteiger partial charge in [0.15, 0.2) is 0 Å². The number of nitrogens with zero attached hydrogens (tertiary/aromatic N) is 3. The SMILES string of the molecule is COc1nn(-c2cccc(NCc3ccc(C#N)cc3)c2)c(=O)o1. The molecule has 0 aliphatic rings. The first kappa shape index (κ1) is 15.4. The van der Waals surface area contributed by atoms with Crippen LogP contribution in [0.4, 0.5) is 5.69 Å². The number of methoxy groups -OCH3 is 1. The normalized spacial score (nSPS) is 10.2. The van der Waals surface area contributed by atoms with E-state index in [9.17, 15) is 4.79 Å². The second-order valence-corrected chi connectivity index (χ2v) is 4.96. The van der Waals surface area contributed by atoms with Crippen LogP contribution in [0, 0.1) is 11.3 Å². The van der Waals surface area contributed by atoms with Gasteiger partial charge in [0.2, 0.25) is 0 Å². The molecule has 2 aromatic carbocycles. The molecule has 3 aromatic rings. The summed E-state index contributed by atoms with van der Waals surface area (Å²) in [5, 5.41) is 16.0. The van der Waals surface area contributed by atoms with Crippen molar-refractivity contribution in [2.24, 2.45) is 0 Å². The highest BCUT2D eigenvalue weighted by Gasteiger charge is 2.10. The molecule has 0 saturated heterocycles. The second-order valence-electron chi connectivity index (χ2n) is 4.96. The van der Waals surface area contributed by atoms with Gasteiger partial charge in [0, 0.05) is 12.2 Å². The predicted octanol–water partition coefficient (Wildman–Crippen LogP) is 2.32. The summed E-state index contributed by atoms with van der Waals surface area (Å²) in [7, 11) is 1.38. The number of rotatable bonds is 5. The van der Waals surface area contributed by atoms with Crippen LogP contribution in [-0.2, 0) is 6.54 Å². The van der Waals surface area contributed by atoms with Gasteiger partial charge in [-0.05, 0) is 35.9 Å². The van der Waals surface area contributed by atoms with Crippen LogP contribution in [0.5, 0.6) is 6.08 Å². The van der Waals surface area contributed by atoms with E-state index in [1.807, 2.05) is 24.3 Å². The monoisotopic (exact) mass is 322 g/mol. The Kier molecular flexibility index (Phi) is 4.29. The zero-order chi connectivity index (χ0) is 16.9. The van der Waals surface area contributed by atoms with Crippen LogP contribution in [0.1, 0.15) is 11.1 Å². The van der Waals surface area contributed by atoms with Gasteiger partial charge in [-0.1, -0.05) is 23.3 Å². The third-order valence-electron chi connectivity index (χ3n) is 3.37. The molecule has 1 N–H and O–H groups in total. The number of anilines is 1. The maximum absolute atomic E-state index is 11.8. The van der Waals surface area contributed by atoms with Gasteiger partial charge < -0.3 is 14.5 Å². The van der Waals surface area contributed by atoms with Crippen molar-refractivity contribution in [2.45, 2.75) is 6.54 Å². The average molecular weight is 322 g/mol. The first-order valence-electron chi connectivity index (χ1n) is 7.17. The van der Waals surface area contributed by atoms with Crippen LogP contribution >= 0.6 is 0 Å². The van der Waals surface area contributed by atoms with Crippen LogP contribution in [0.2, 0.25) is 0 Å². The Morgan fingerprint density at radius 3 is 2.75 bits per heavy atom. The third-order valence-corrected chi connectivity index (χ3v) is 3.37. The molecule has 0 unspecified atom stereocenters. The van der Waals surface area contributed by atoms with Crippen LogP contribution in [0.3, 0.4) is 0 Å². The number of aromatic nitrogens is 2. The lowest BCUT2D eigenvalue weighted by Crippen LogP contribution is -2.13. The molecule has 0 atom stereocenters. The third kappa shape index (κ3) is 3.28. The minimum atomic E-state index is -0.615. The molecule has 0 radical (unpaired) electrons. The minimum absolute atomic E-state index is 0.0871. The van der Waals surface area contributed by atoms with Gasteiger partial charge in [-0.25, -0.2) is 4.79 Å². The maximum atomic E-state index is 11.8. The molecule has 0 fully saturated rings. The van der Waals surface area contributed by atoms with Gasteiger partial charge in [0.1, 0.15) is 0 Å². The quantitative estimate of drug-likeness (QED) is 0.775. The van der Waals surface area contributed by atoms with E-state index in [0.29, 0.717) is 17.8 Å². The molecule has 0 saturated carbocycles. The van der Waals surface area contributed by atoms with E-state index in [-0.39, 0.29) is 6.08 Å². The van der Waals surface area contributed by atoms with Crippen molar-refractivity contribution < 1.29 is 9.15 Å². The molecule has 7 heteroatoms. The summed E-state index contributed by atoms with van der Waals surface area (Å²) >= 11 is 0. The van der Waals surface area contributed by atoms with Crippen LogP contribution in [0.25, 0.3) is 5.69 Å². The van der Waals surface area contributed by atoms with Crippen molar-refractivity contribution in [3.05, 3.63) is 70.2 Å². The summed E-state index contributed by atoms with van der Waals surface area (Å²) in [6, 6.07) is 16.6. The zero-order valence-electron chi connectivity index (χ0n) is 12.9. The fourth-order valence-electron chi connectivity index (χ4n) is 2.16. The van der Waals surface area contributed by atoms with E-state index in [4.69, 9.17) is 14.4 Å². The largest absolute Gasteiger partial charge is 0.452 e. The standard InChI is InChI=1S/C17H14N4O3/c1-23-16-20-21(17(22)24-16)15-4-2-3-14(9-15)19-11-13-7-5-12(10-18)6-8-13/h2-9,19H,11H2,1H3. The Morgan fingerprint density at radius 2 is 2.08 bits per heavy atom. The first-order valence-corrected chi connectivity index (χ1v) is 7.17. The molecule has 3 rings (SSSR count). The summed E-state index contributed by atoms with van der Waals surface area (Å²) in [5.74, 6) is -0.615. The van der Waals surface area contributed by atoms with Crippen molar-refractivity contribution in [2.75, 3.05) is 12.4 Å². The van der Waals surface area contributed by atoms with Gasteiger partial charge in [-0.15, -0.1) is 0 Å². The zero-order valence-corrected chi connectivity index (χ0v) is 12.9. The summed E-state index contributed by atoms with van der Waals surface area (Å²) in [6.45, 7) is 0.589. The lowest BCUT2D eigenvalue weighted by molar-refractivity contribution is 0.282. The molecule has 0 amide bonds. The molecule has 1 aromatic heterocycles. The van der Waals surface area contributed by atoms with Gasteiger partial charge in [-0.3, -0.25) is 0 Å². The molecule has 0 aliphatic carbocycles. The lowest BCUT2D eigenvalue weighted by Gasteiger charge is -2.08. The van der Waals surface area contributed by atoms with Gasteiger partial charge in [0.05, 0.1) is 24.4 Å². The van der Waals surface area contributed by atoms with Crippen molar-refractivity contribution in [3.63, 3.8) is 0 Å². The number of hydrogen-bond acceptors (Lipinski definition) is 6. The molecule has 0 spiro atoms. The van der Waals surface area contributed by atoms with Crippen LogP contribution in [0.15, 0.2) is 57.7 Å². The Bertz CT molecular complexity index is 935. The number of hydrogen-bond donors (Lipinski definition) is 1. The number of nitriles is 1. The fourth-order valence-corrected chi connectivity index (χ4v) is 2.16. The van der Waals surface area contributed by atoms with E-state index in [1.165, 1.54) is 7.11 Å². The van der Waals surface area contributed by atoms with E-state index in [0.717, 1.165) is 15.9 Å². The Hall–Kier alpha value is -3.53. The minimum Gasteiger partial charge on any atom is -0.452 e. The van der Waals surface area contributed by atoms with Gasteiger partial charge in [-0.2, -0.15) is 9.94 Å². The topological polar surface area (TPSA) is 93.1 Å². The summed E-state index contributed by atoms with van der Waals surface area (Å²) < 4.78 is 10.8. The van der Waals surface area contributed by atoms with Crippen LogP contribution < -0.4 is 15.8 Å². The lowest BCUT2D eigenvalue weighted by atomic mass is 10.1. The highest BCUT2D eigenvalue weighted by Crippen LogP contribution is 2.15. The van der Waals surface area contributed by atoms with Gasteiger partial charge in [0.25, 0.3) is 0 Å². The Balaban J connectivity index is 1.76. The highest BCUT2D eigenvalue weighted by atomic mass is 16.6. The molecule has 0 bridgehead atoms. The van der Waals surface area contributed by atoms with E-state index >= 15 is 0 Å². The molecule has 1 heterocycles. The smallest absolute Gasteiger partial charge is 0.444 e. The second kappa shape index (κ2) is 6.71. The Labute approximate surface area is 137 Å². The molecule has 7 nitrogen and oxygen atoms in total. The number of benzene rings is 2. The Morgan fingerprint density at radius 1 is 1.29 bits per heavy atom. The molecular formula is C17H14N4O3. The number of ether oxygens (including phenoxy) is 1. The maximum Gasteiger partial charge on any atom is 0.444 e. The van der Waals surface area contributed by atoms with Crippen LogP contribution in [-0.4, -0.2) is 16.9 Å². The number of nitrogens with one attached hydrogen (secondary N) is 1. The van der Waals surface area contributed by atoms with E-state index < -0.39 is 5.76 Å². The molecule has 0 aliphatic heterocycles. The summed E-state index contributed by atoms with van der Waals surface area (Å²) in [6.07, 6.45) is -0.0871. The predicted molar refractivity (Wildman–Crippen MR) is 87.1 cm³/mol. The molecule has 120 valence electrons. The summed E-state index contributed by atoms with van der Waals surface area (Å²) in [4.78, 5) is 11.8. The fraction of sp³-hybridized carbons (Fsp3) is 0.118.